The molecule has 0 N–H and O–H groups in total. The van der Waals surface area contributed by atoms with Gasteiger partial charge < -0.3 is 4.74 Å². The molecule has 1 aromatic rings. The van der Waals surface area contributed by atoms with Gasteiger partial charge in [-0.3, -0.25) is 9.69 Å². The molecule has 1 amide bonds. The Morgan fingerprint density at radius 3 is 2.74 bits per heavy atom. The van der Waals surface area contributed by atoms with E-state index >= 15 is 0 Å². The number of benzene rings is 1. The Morgan fingerprint density at radius 1 is 1.39 bits per heavy atom. The van der Waals surface area contributed by atoms with Crippen LogP contribution in [0.15, 0.2) is 40.5 Å². The van der Waals surface area contributed by atoms with E-state index in [1.165, 1.54) is 18.9 Å². The standard InChI is InChI=1S/C16H15ClN2O3S/c1-9-13(15(21)22-2)14(10-3-5-11(17)6-4-10)19-12(20)7-8-23-16(19)18-9/h3-6,14H,7-8H2,1-2H3/t14-/m1/s1. The highest BCUT2D eigenvalue weighted by atomic mass is 35.5. The van der Waals surface area contributed by atoms with Gasteiger partial charge in [-0.2, -0.15) is 0 Å². The third-order valence-electron chi connectivity index (χ3n) is 3.80. The number of nitrogens with zero attached hydrogens (tertiary/aromatic N) is 2. The molecule has 1 atom stereocenters. The van der Waals surface area contributed by atoms with Crippen LogP contribution in [0.1, 0.15) is 24.9 Å². The lowest BCUT2D eigenvalue weighted by Crippen LogP contribution is -2.45. The van der Waals surface area contributed by atoms with Crippen LogP contribution >= 0.6 is 23.4 Å². The first-order valence-corrected chi connectivity index (χ1v) is 8.47. The van der Waals surface area contributed by atoms with Crippen molar-refractivity contribution >= 4 is 40.4 Å². The van der Waals surface area contributed by atoms with Gasteiger partial charge in [-0.05, 0) is 24.6 Å². The number of hydrogen-bond donors (Lipinski definition) is 0. The smallest absolute Gasteiger partial charge is 0.338 e. The second-order valence-corrected chi connectivity index (χ2v) is 6.70. The summed E-state index contributed by atoms with van der Waals surface area (Å²) in [5, 5.41) is 1.23. The SMILES string of the molecule is COC(=O)C1=C(C)N=C2SCCC(=O)N2[C@@H]1c1ccc(Cl)cc1. The summed E-state index contributed by atoms with van der Waals surface area (Å²) in [6, 6.07) is 6.59. The van der Waals surface area contributed by atoms with Crippen molar-refractivity contribution in [1.82, 2.24) is 4.90 Å². The van der Waals surface area contributed by atoms with Gasteiger partial charge in [0, 0.05) is 17.2 Å². The minimum Gasteiger partial charge on any atom is -0.466 e. The number of halogens is 1. The van der Waals surface area contributed by atoms with Crippen LogP contribution in [-0.4, -0.2) is 34.8 Å². The zero-order valence-electron chi connectivity index (χ0n) is 12.7. The number of amidine groups is 1. The summed E-state index contributed by atoms with van der Waals surface area (Å²) in [7, 11) is 1.33. The molecule has 0 saturated carbocycles. The van der Waals surface area contributed by atoms with Gasteiger partial charge in [0.2, 0.25) is 5.91 Å². The normalized spacial score (nSPS) is 21.0. The number of rotatable bonds is 2. The molecule has 3 rings (SSSR count). The Kier molecular flexibility index (Phi) is 4.46. The molecule has 1 fully saturated rings. The number of esters is 1. The van der Waals surface area contributed by atoms with Crippen molar-refractivity contribution in [3.8, 4) is 0 Å². The zero-order chi connectivity index (χ0) is 16.6. The van der Waals surface area contributed by atoms with Crippen molar-refractivity contribution < 1.29 is 14.3 Å². The molecule has 0 aromatic heterocycles. The maximum atomic E-state index is 12.5. The van der Waals surface area contributed by atoms with Crippen LogP contribution in [0, 0.1) is 0 Å². The van der Waals surface area contributed by atoms with E-state index in [0.717, 1.165) is 5.56 Å². The molecule has 120 valence electrons. The predicted molar refractivity (Wildman–Crippen MR) is 90.3 cm³/mol. The van der Waals surface area contributed by atoms with Crippen LogP contribution in [-0.2, 0) is 14.3 Å². The van der Waals surface area contributed by atoms with Crippen molar-refractivity contribution in [3.63, 3.8) is 0 Å². The Hall–Kier alpha value is -1.79. The molecule has 1 aromatic carbocycles. The molecule has 23 heavy (non-hydrogen) atoms. The van der Waals surface area contributed by atoms with Crippen LogP contribution in [0.3, 0.4) is 0 Å². The number of hydrogen-bond acceptors (Lipinski definition) is 5. The van der Waals surface area contributed by atoms with E-state index < -0.39 is 12.0 Å². The molecule has 0 spiro atoms. The van der Waals surface area contributed by atoms with Gasteiger partial charge in [0.1, 0.15) is 0 Å². The fourth-order valence-corrected chi connectivity index (χ4v) is 3.86. The molecular weight excluding hydrogens is 336 g/mol. The van der Waals surface area contributed by atoms with E-state index in [4.69, 9.17) is 16.3 Å². The first-order chi connectivity index (χ1) is 11.0. The summed E-state index contributed by atoms with van der Waals surface area (Å²) in [5.41, 5.74) is 1.76. The number of allylic oxidation sites excluding steroid dienone is 1. The molecule has 2 aliphatic heterocycles. The highest BCUT2D eigenvalue weighted by molar-refractivity contribution is 8.14. The van der Waals surface area contributed by atoms with Crippen molar-refractivity contribution in [1.29, 1.82) is 0 Å². The van der Waals surface area contributed by atoms with E-state index in [2.05, 4.69) is 4.99 Å². The zero-order valence-corrected chi connectivity index (χ0v) is 14.3. The van der Waals surface area contributed by atoms with Gasteiger partial charge in [0.15, 0.2) is 5.17 Å². The molecule has 2 heterocycles. The van der Waals surface area contributed by atoms with Gasteiger partial charge in [-0.1, -0.05) is 35.5 Å². The first kappa shape index (κ1) is 16.1. The summed E-state index contributed by atoms with van der Waals surface area (Å²) in [6.07, 6.45) is 0.418. The minimum atomic E-state index is -0.535. The third-order valence-corrected chi connectivity index (χ3v) is 5.00. The van der Waals surface area contributed by atoms with Gasteiger partial charge in [-0.25, -0.2) is 9.79 Å². The Bertz CT molecular complexity index is 727. The summed E-state index contributed by atoms with van der Waals surface area (Å²) >= 11 is 7.48. The second kappa shape index (κ2) is 6.37. The monoisotopic (exact) mass is 350 g/mol. The number of fused-ring (bicyclic) bond motifs is 1. The molecule has 7 heteroatoms. The van der Waals surface area contributed by atoms with Crippen molar-refractivity contribution in [2.75, 3.05) is 12.9 Å². The fraction of sp³-hybridized carbons (Fsp3) is 0.312. The van der Waals surface area contributed by atoms with Crippen LogP contribution in [0.25, 0.3) is 0 Å². The van der Waals surface area contributed by atoms with Gasteiger partial charge in [0.05, 0.1) is 24.4 Å². The van der Waals surface area contributed by atoms with E-state index in [-0.39, 0.29) is 5.91 Å². The highest BCUT2D eigenvalue weighted by Gasteiger charge is 2.41. The van der Waals surface area contributed by atoms with Gasteiger partial charge in [0.25, 0.3) is 0 Å². The number of thioether (sulfide) groups is 1. The van der Waals surface area contributed by atoms with E-state index in [1.54, 1.807) is 24.0 Å². The van der Waals surface area contributed by atoms with E-state index in [0.29, 0.717) is 33.6 Å². The molecule has 2 aliphatic rings. The van der Waals surface area contributed by atoms with Gasteiger partial charge >= 0.3 is 5.97 Å². The van der Waals surface area contributed by atoms with Gasteiger partial charge in [-0.15, -0.1) is 0 Å². The Labute approximate surface area is 143 Å². The maximum Gasteiger partial charge on any atom is 0.338 e. The number of methoxy groups -OCH3 is 1. The number of ether oxygens (including phenoxy) is 1. The van der Waals surface area contributed by atoms with Crippen LogP contribution < -0.4 is 0 Å². The van der Waals surface area contributed by atoms with Crippen LogP contribution in [0.5, 0.6) is 0 Å². The summed E-state index contributed by atoms with van der Waals surface area (Å²) in [4.78, 5) is 30.8. The van der Waals surface area contributed by atoms with Crippen LogP contribution in [0.2, 0.25) is 5.02 Å². The molecule has 1 saturated heterocycles. The molecule has 0 radical (unpaired) electrons. The maximum absolute atomic E-state index is 12.5. The average molecular weight is 351 g/mol. The molecule has 0 bridgehead atoms. The van der Waals surface area contributed by atoms with Crippen molar-refractivity contribution in [2.45, 2.75) is 19.4 Å². The third kappa shape index (κ3) is 2.88. The predicted octanol–water partition coefficient (Wildman–Crippen LogP) is 3.16. The fourth-order valence-electron chi connectivity index (χ4n) is 2.73. The lowest BCUT2D eigenvalue weighted by molar-refractivity contribution is -0.137. The Balaban J connectivity index is 2.17. The van der Waals surface area contributed by atoms with E-state index in [9.17, 15) is 9.59 Å². The molecular formula is C16H15ClN2O3S. The largest absolute Gasteiger partial charge is 0.466 e. The number of aliphatic imine (C=N–C) groups is 1. The molecule has 5 nitrogen and oxygen atoms in total. The number of amides is 1. The van der Waals surface area contributed by atoms with E-state index in [1.807, 2.05) is 12.1 Å². The minimum absolute atomic E-state index is 0.0450. The lowest BCUT2D eigenvalue weighted by atomic mass is 9.94. The lowest BCUT2D eigenvalue weighted by Gasteiger charge is -2.38. The van der Waals surface area contributed by atoms with Crippen LogP contribution in [0.4, 0.5) is 0 Å². The summed E-state index contributed by atoms with van der Waals surface area (Å²) < 4.78 is 4.91. The summed E-state index contributed by atoms with van der Waals surface area (Å²) in [6.45, 7) is 1.76. The van der Waals surface area contributed by atoms with Crippen molar-refractivity contribution in [3.05, 3.63) is 46.1 Å². The van der Waals surface area contributed by atoms with Crippen molar-refractivity contribution in [2.24, 2.45) is 4.99 Å². The second-order valence-electron chi connectivity index (χ2n) is 5.20. The molecule has 0 unspecified atom stereocenters. The summed E-state index contributed by atoms with van der Waals surface area (Å²) in [5.74, 6) is 0.174. The highest BCUT2D eigenvalue weighted by Crippen LogP contribution is 2.40. The average Bonchev–Trinajstić information content (AvgIpc) is 2.54. The Morgan fingerprint density at radius 2 is 2.09 bits per heavy atom. The molecule has 0 aliphatic carbocycles. The number of carbonyl (C=O) groups excluding carboxylic acids is 2. The first-order valence-electron chi connectivity index (χ1n) is 7.11. The quantitative estimate of drug-likeness (QED) is 0.769. The topological polar surface area (TPSA) is 59.0 Å². The number of carbonyl (C=O) groups is 2.